The molecule has 2 aliphatic rings. The van der Waals surface area contributed by atoms with Crippen LogP contribution in [0.4, 0.5) is 5.82 Å². The molecule has 0 aliphatic carbocycles. The highest BCUT2D eigenvalue weighted by Crippen LogP contribution is 2.33. The van der Waals surface area contributed by atoms with Gasteiger partial charge in [0.1, 0.15) is 17.8 Å². The van der Waals surface area contributed by atoms with Crippen molar-refractivity contribution in [2.75, 3.05) is 31.9 Å². The van der Waals surface area contributed by atoms with Gasteiger partial charge in [-0.1, -0.05) is 57.2 Å². The Hall–Kier alpha value is -5.71. The second-order valence-corrected chi connectivity index (χ2v) is 18.2. The molecule has 5 aromatic rings. The number of aryl methyl sites for hydroxylation is 1. The van der Waals surface area contributed by atoms with Crippen LogP contribution in [0.3, 0.4) is 0 Å². The SMILES string of the molecule is Cc1ncsc1-c1ccc(CNC(=O)[C@@H]2C[C@@H](O)CN2C(=O)[C@@H](NC(=O)CCCN2CCC(Cn3cc(-c4cc(-c5ccccc5O)nnc4N)cn3)CC2)C(C)(C)C)cc1. The predicted octanol–water partition coefficient (Wildman–Crippen LogP) is 5.03. The van der Waals surface area contributed by atoms with E-state index in [0.717, 1.165) is 66.3 Å². The summed E-state index contributed by atoms with van der Waals surface area (Å²) in [5.41, 5.74) is 13.0. The first-order chi connectivity index (χ1) is 29.2. The second kappa shape index (κ2) is 18.9. The number of para-hydroxylation sites is 1. The Morgan fingerprint density at radius 3 is 2.48 bits per heavy atom. The van der Waals surface area contributed by atoms with Crippen molar-refractivity contribution in [1.29, 1.82) is 0 Å². The number of carbonyl (C=O) groups is 3. The fraction of sp³-hybridized carbons (Fsp3) is 0.444. The predicted molar refractivity (Wildman–Crippen MR) is 235 cm³/mol. The summed E-state index contributed by atoms with van der Waals surface area (Å²) in [6.07, 6.45) is 5.94. The number of nitrogen functional groups attached to an aromatic ring is 1. The van der Waals surface area contributed by atoms with Gasteiger partial charge in [-0.05, 0) is 86.5 Å². The fourth-order valence-corrected chi connectivity index (χ4v) is 9.00. The van der Waals surface area contributed by atoms with Crippen molar-refractivity contribution >= 4 is 34.9 Å². The van der Waals surface area contributed by atoms with E-state index in [4.69, 9.17) is 5.73 Å². The number of aliphatic hydroxyl groups excluding tert-OH is 1. The number of hydrogen-bond donors (Lipinski definition) is 5. The third-order valence-electron chi connectivity index (χ3n) is 11.7. The first kappa shape index (κ1) is 43.4. The van der Waals surface area contributed by atoms with Crippen LogP contribution >= 0.6 is 11.3 Å². The zero-order chi connectivity index (χ0) is 43.3. The highest BCUT2D eigenvalue weighted by Gasteiger charge is 2.44. The fourth-order valence-electron chi connectivity index (χ4n) is 8.19. The van der Waals surface area contributed by atoms with E-state index < -0.39 is 23.6 Å². The molecule has 6 N–H and O–H groups in total. The molecule has 2 saturated heterocycles. The number of aromatic hydroxyl groups is 1. The number of phenolic OH excluding ortho intramolecular Hbond substituents is 1. The van der Waals surface area contributed by atoms with E-state index in [1.165, 1.54) is 4.90 Å². The number of benzene rings is 2. The molecule has 16 heteroatoms. The van der Waals surface area contributed by atoms with Crippen LogP contribution in [-0.4, -0.2) is 107 Å². The number of β-amino-alcohol motifs (C(OH)–C–C–N with tert-alkyl or cyclic N) is 1. The third-order valence-corrected chi connectivity index (χ3v) is 12.7. The molecule has 2 aromatic carbocycles. The van der Waals surface area contributed by atoms with Gasteiger partial charge in [-0.3, -0.25) is 19.1 Å². The number of nitrogens with two attached hydrogens (primary N) is 1. The molecular formula is C45H56N10O5S. The molecule has 0 saturated carbocycles. The lowest BCUT2D eigenvalue weighted by Gasteiger charge is -2.35. The molecule has 2 aliphatic heterocycles. The Labute approximate surface area is 360 Å². The zero-order valence-corrected chi connectivity index (χ0v) is 36.1. The lowest BCUT2D eigenvalue weighted by atomic mass is 9.85. The normalized spacial score (nSPS) is 18.0. The first-order valence-electron chi connectivity index (χ1n) is 20.9. The molecule has 61 heavy (non-hydrogen) atoms. The molecular weight excluding hydrogens is 793 g/mol. The number of likely N-dealkylation sites (tertiary alicyclic amines) is 2. The topological polar surface area (TPSA) is 205 Å². The Balaban J connectivity index is 0.858. The molecule has 0 unspecified atom stereocenters. The average molecular weight is 849 g/mol. The van der Waals surface area contributed by atoms with Crippen molar-refractivity contribution < 1.29 is 24.6 Å². The molecule has 7 rings (SSSR count). The van der Waals surface area contributed by atoms with Crippen LogP contribution in [-0.2, 0) is 27.5 Å². The lowest BCUT2D eigenvalue weighted by Crippen LogP contribution is -2.57. The van der Waals surface area contributed by atoms with Crippen molar-refractivity contribution in [3.63, 3.8) is 0 Å². The molecule has 3 aromatic heterocycles. The summed E-state index contributed by atoms with van der Waals surface area (Å²) in [6, 6.07) is 15.0. The van der Waals surface area contributed by atoms with Gasteiger partial charge in [0.25, 0.3) is 0 Å². The minimum atomic E-state index is -0.868. The van der Waals surface area contributed by atoms with Crippen molar-refractivity contribution in [2.45, 2.75) is 91.1 Å². The Morgan fingerprint density at radius 1 is 1.02 bits per heavy atom. The van der Waals surface area contributed by atoms with Gasteiger partial charge < -0.3 is 36.4 Å². The van der Waals surface area contributed by atoms with E-state index in [1.807, 2.05) is 80.5 Å². The van der Waals surface area contributed by atoms with Crippen LogP contribution in [0.1, 0.15) is 64.1 Å². The monoisotopic (exact) mass is 848 g/mol. The van der Waals surface area contributed by atoms with Crippen LogP contribution in [0.2, 0.25) is 0 Å². The number of amides is 3. The number of hydrogen-bond acceptors (Lipinski definition) is 12. The number of anilines is 1. The summed E-state index contributed by atoms with van der Waals surface area (Å²) >= 11 is 1.58. The van der Waals surface area contributed by atoms with Gasteiger partial charge >= 0.3 is 0 Å². The maximum absolute atomic E-state index is 14.1. The van der Waals surface area contributed by atoms with Gasteiger partial charge in [-0.25, -0.2) is 4.98 Å². The van der Waals surface area contributed by atoms with Crippen molar-refractivity contribution in [3.05, 3.63) is 83.8 Å². The van der Waals surface area contributed by atoms with Crippen molar-refractivity contribution in [2.24, 2.45) is 11.3 Å². The molecule has 0 radical (unpaired) electrons. The lowest BCUT2D eigenvalue weighted by molar-refractivity contribution is -0.144. The van der Waals surface area contributed by atoms with Crippen LogP contribution in [0.5, 0.6) is 5.75 Å². The van der Waals surface area contributed by atoms with Crippen LogP contribution < -0.4 is 16.4 Å². The van der Waals surface area contributed by atoms with E-state index in [9.17, 15) is 24.6 Å². The van der Waals surface area contributed by atoms with Crippen molar-refractivity contribution in [3.8, 4) is 38.6 Å². The van der Waals surface area contributed by atoms with Crippen LogP contribution in [0.25, 0.3) is 32.8 Å². The van der Waals surface area contributed by atoms with Gasteiger partial charge in [-0.2, -0.15) is 5.10 Å². The number of thiazole rings is 1. The second-order valence-electron chi connectivity index (χ2n) is 17.3. The Morgan fingerprint density at radius 2 is 1.77 bits per heavy atom. The van der Waals surface area contributed by atoms with E-state index in [-0.39, 0.29) is 49.4 Å². The maximum atomic E-state index is 14.1. The van der Waals surface area contributed by atoms with Gasteiger partial charge in [0.15, 0.2) is 5.82 Å². The molecule has 15 nitrogen and oxygen atoms in total. The van der Waals surface area contributed by atoms with Crippen molar-refractivity contribution in [1.82, 2.24) is 45.4 Å². The van der Waals surface area contributed by atoms with E-state index in [0.29, 0.717) is 35.0 Å². The largest absolute Gasteiger partial charge is 0.507 e. The standard InChI is InChI=1S/C45H56N10O5S/c1-28-40(61-27-48-28)31-13-11-29(12-14-31)22-47-43(59)37-20-33(56)26-55(37)44(60)41(45(2,3)4)50-39(58)10-7-17-53-18-15-30(16-19-53)24-54-25-32(23-49-54)35-21-36(51-52-42(35)46)34-8-5-6-9-38(34)57/h5-6,8-9,11-14,21,23,25,27,30,33,37,41,56-57H,7,10,15-20,22,24,26H2,1-4H3,(H2,46,52)(H,47,59)(H,50,58)/t33-,37+,41-/m1/s1. The summed E-state index contributed by atoms with van der Waals surface area (Å²) in [6.45, 7) is 11.3. The number of nitrogens with one attached hydrogen (secondary N) is 2. The quantitative estimate of drug-likeness (QED) is 0.100. The van der Waals surface area contributed by atoms with Crippen LogP contribution in [0, 0.1) is 18.3 Å². The highest BCUT2D eigenvalue weighted by molar-refractivity contribution is 7.13. The minimum absolute atomic E-state index is 0.0261. The van der Waals surface area contributed by atoms with Gasteiger partial charge in [-0.15, -0.1) is 21.5 Å². The Bertz CT molecular complexity index is 2310. The zero-order valence-electron chi connectivity index (χ0n) is 35.3. The smallest absolute Gasteiger partial charge is 0.246 e. The molecule has 3 amide bonds. The number of phenols is 1. The number of aliphatic hydroxyl groups is 1. The van der Waals surface area contributed by atoms with Crippen LogP contribution in [0.15, 0.2) is 72.5 Å². The third kappa shape index (κ3) is 10.6. The highest BCUT2D eigenvalue weighted by atomic mass is 32.1. The number of nitrogens with zero attached hydrogens (tertiary/aromatic N) is 7. The summed E-state index contributed by atoms with van der Waals surface area (Å²) in [4.78, 5) is 50.1. The summed E-state index contributed by atoms with van der Waals surface area (Å²) < 4.78 is 1.94. The molecule has 3 atom stereocenters. The number of rotatable bonds is 14. The molecule has 2 fully saturated rings. The number of piperidine rings is 1. The average Bonchev–Trinajstić information content (AvgIpc) is 3.99. The molecule has 322 valence electrons. The van der Waals surface area contributed by atoms with Gasteiger partial charge in [0, 0.05) is 55.4 Å². The van der Waals surface area contributed by atoms with E-state index >= 15 is 0 Å². The maximum Gasteiger partial charge on any atom is 0.246 e. The first-order valence-corrected chi connectivity index (χ1v) is 21.8. The molecule has 0 bridgehead atoms. The summed E-state index contributed by atoms with van der Waals surface area (Å²) in [7, 11) is 0. The van der Waals surface area contributed by atoms with Gasteiger partial charge in [0.2, 0.25) is 17.7 Å². The van der Waals surface area contributed by atoms with E-state index in [2.05, 4.69) is 35.8 Å². The summed E-state index contributed by atoms with van der Waals surface area (Å²) in [5, 5.41) is 39.8. The number of aromatic nitrogens is 5. The molecule has 0 spiro atoms. The van der Waals surface area contributed by atoms with E-state index in [1.54, 1.807) is 35.7 Å². The molecule has 5 heterocycles. The minimum Gasteiger partial charge on any atom is -0.507 e. The Kier molecular flexibility index (Phi) is 13.4. The number of carbonyl (C=O) groups excluding carboxylic acids is 3. The van der Waals surface area contributed by atoms with Gasteiger partial charge in [0.05, 0.1) is 34.1 Å². The summed E-state index contributed by atoms with van der Waals surface area (Å²) in [5.74, 6) is -0.0699.